The number of nitrogens with one attached hydrogen (secondary N) is 1. The van der Waals surface area contributed by atoms with Gasteiger partial charge in [-0.05, 0) is 0 Å². The number of aliphatic hydroxyl groups is 3. The molecule has 15 nitrogen and oxygen atoms in total. The Bertz CT molecular complexity index is 1320. The first-order valence-corrected chi connectivity index (χ1v) is 12.3. The zero-order valence-corrected chi connectivity index (χ0v) is 21.4. The summed E-state index contributed by atoms with van der Waals surface area (Å²) in [6.07, 6.45) is -5.47. The van der Waals surface area contributed by atoms with E-state index in [1.807, 2.05) is 0 Å². The van der Waals surface area contributed by atoms with Crippen molar-refractivity contribution in [2.75, 3.05) is 19.8 Å². The van der Waals surface area contributed by atoms with E-state index in [2.05, 4.69) is 35.7 Å². The molecular formula is C22H24F5N7O8. The predicted molar refractivity (Wildman–Crippen MR) is 122 cm³/mol. The molecule has 0 spiro atoms. The molecule has 1 fully saturated rings. The highest BCUT2D eigenvalue weighted by molar-refractivity contribution is 5.72. The molecule has 20 heteroatoms. The van der Waals surface area contributed by atoms with Gasteiger partial charge in [0.1, 0.15) is 18.3 Å². The van der Waals surface area contributed by atoms with Crippen LogP contribution in [0.2, 0.25) is 0 Å². The first kappa shape index (κ1) is 31.3. The van der Waals surface area contributed by atoms with Crippen LogP contribution in [0.3, 0.4) is 0 Å². The zero-order valence-electron chi connectivity index (χ0n) is 21.4. The van der Waals surface area contributed by atoms with Gasteiger partial charge in [0.25, 0.3) is 0 Å². The third-order valence-electron chi connectivity index (χ3n) is 5.97. The van der Waals surface area contributed by atoms with Crippen molar-refractivity contribution >= 4 is 5.97 Å². The number of esters is 1. The van der Waals surface area contributed by atoms with E-state index >= 15 is 0 Å². The van der Waals surface area contributed by atoms with E-state index in [4.69, 9.17) is 14.2 Å². The smallest absolute Gasteiger partial charge is 0.313 e. The molecule has 42 heavy (non-hydrogen) atoms. The maximum absolute atomic E-state index is 13.6. The number of nitrogens with zero attached hydrogens (tertiary/aromatic N) is 6. The number of carbonyl (C=O) groups excluding carboxylic acids is 1. The summed E-state index contributed by atoms with van der Waals surface area (Å²) in [5.41, 5.74) is 0.482. The lowest BCUT2D eigenvalue weighted by Gasteiger charge is -2.39. The number of aliphatic hydroxyl groups excluding tert-OH is 3. The van der Waals surface area contributed by atoms with Crippen LogP contribution < -0.4 is 4.74 Å². The quantitative estimate of drug-likeness (QED) is 0.0465. The number of rotatable bonds is 13. The molecule has 0 unspecified atom stereocenters. The highest BCUT2D eigenvalue weighted by Gasteiger charge is 2.44. The summed E-state index contributed by atoms with van der Waals surface area (Å²) < 4.78 is 88.6. The summed E-state index contributed by atoms with van der Waals surface area (Å²) in [4.78, 5) is 11.7. The summed E-state index contributed by atoms with van der Waals surface area (Å²) in [7, 11) is 0. The van der Waals surface area contributed by atoms with Crippen molar-refractivity contribution in [3.8, 4) is 5.75 Å². The molecule has 3 heterocycles. The number of hydrogen-bond acceptors (Lipinski definition) is 13. The lowest BCUT2D eigenvalue weighted by atomic mass is 9.97. The summed E-state index contributed by atoms with van der Waals surface area (Å²) in [6.45, 7) is -0.104. The number of hydrogen-bond donors (Lipinski definition) is 4. The minimum atomic E-state index is -2.37. The normalized spacial score (nSPS) is 22.4. The molecular weight excluding hydrogens is 585 g/mol. The van der Waals surface area contributed by atoms with E-state index in [-0.39, 0.29) is 45.0 Å². The van der Waals surface area contributed by atoms with Gasteiger partial charge in [0.05, 0.1) is 44.6 Å². The highest BCUT2D eigenvalue weighted by atomic mass is 19.2. The molecule has 0 amide bonds. The van der Waals surface area contributed by atoms with Crippen LogP contribution in [0.5, 0.6) is 5.75 Å². The number of aromatic nitrogens is 7. The Morgan fingerprint density at radius 1 is 0.952 bits per heavy atom. The summed E-state index contributed by atoms with van der Waals surface area (Å²) in [6, 6.07) is 0. The highest BCUT2D eigenvalue weighted by Crippen LogP contribution is 2.29. The van der Waals surface area contributed by atoms with Crippen LogP contribution in [0.4, 0.5) is 22.0 Å². The van der Waals surface area contributed by atoms with Crippen LogP contribution >= 0.6 is 0 Å². The number of benzene rings is 1. The van der Waals surface area contributed by atoms with E-state index in [1.54, 1.807) is 6.20 Å². The van der Waals surface area contributed by atoms with Crippen LogP contribution in [0, 0.1) is 29.1 Å². The second kappa shape index (κ2) is 14.0. The first-order chi connectivity index (χ1) is 20.1. The zero-order chi connectivity index (χ0) is 30.4. The van der Waals surface area contributed by atoms with Gasteiger partial charge in [-0.2, -0.15) is 14.0 Å². The van der Waals surface area contributed by atoms with E-state index in [0.29, 0.717) is 5.69 Å². The molecule has 230 valence electrons. The van der Waals surface area contributed by atoms with Gasteiger partial charge in [0.2, 0.25) is 34.8 Å². The van der Waals surface area contributed by atoms with Crippen molar-refractivity contribution in [2.24, 2.45) is 0 Å². The second-order valence-electron chi connectivity index (χ2n) is 8.88. The molecule has 1 aliphatic rings. The Balaban J connectivity index is 1.15. The SMILES string of the molecule is O=C(CCOCCn1cc(CCO[C@H]2O[C@H](Cc3nn[nH]n3)[C@@H](O)[C@H](O)[C@@H]2O)nn1)Oc1c(F)c(F)c(F)c(F)c1F. The third kappa shape index (κ3) is 7.38. The van der Waals surface area contributed by atoms with Gasteiger partial charge in [-0.15, -0.1) is 15.3 Å². The number of ether oxygens (including phenoxy) is 4. The van der Waals surface area contributed by atoms with Gasteiger partial charge < -0.3 is 34.3 Å². The molecule has 0 bridgehead atoms. The van der Waals surface area contributed by atoms with Crippen LogP contribution in [0.15, 0.2) is 6.20 Å². The fraction of sp³-hybridized carbons (Fsp3) is 0.545. The van der Waals surface area contributed by atoms with Crippen LogP contribution in [-0.4, -0.2) is 107 Å². The number of halogens is 5. The molecule has 0 radical (unpaired) electrons. The Kier molecular flexibility index (Phi) is 10.4. The van der Waals surface area contributed by atoms with Crippen LogP contribution in [0.25, 0.3) is 0 Å². The van der Waals surface area contributed by atoms with Gasteiger partial charge >= 0.3 is 5.97 Å². The number of H-pyrrole nitrogens is 1. The van der Waals surface area contributed by atoms with E-state index < -0.39 is 77.9 Å². The van der Waals surface area contributed by atoms with E-state index in [1.165, 1.54) is 4.68 Å². The number of tetrazole rings is 1. The van der Waals surface area contributed by atoms with Gasteiger partial charge in [0, 0.05) is 19.0 Å². The van der Waals surface area contributed by atoms with Crippen molar-refractivity contribution in [1.82, 2.24) is 35.6 Å². The molecule has 0 aliphatic carbocycles. The molecule has 4 rings (SSSR count). The van der Waals surface area contributed by atoms with Gasteiger partial charge in [0.15, 0.2) is 12.1 Å². The van der Waals surface area contributed by atoms with Gasteiger partial charge in [-0.25, -0.2) is 17.9 Å². The van der Waals surface area contributed by atoms with E-state index in [0.717, 1.165) is 0 Å². The fourth-order valence-electron chi connectivity index (χ4n) is 3.77. The van der Waals surface area contributed by atoms with Gasteiger partial charge in [-0.1, -0.05) is 10.4 Å². The molecule has 4 N–H and O–H groups in total. The summed E-state index contributed by atoms with van der Waals surface area (Å²) in [5.74, 6) is -14.1. The molecule has 2 aromatic heterocycles. The van der Waals surface area contributed by atoms with Crippen molar-refractivity contribution in [3.63, 3.8) is 0 Å². The van der Waals surface area contributed by atoms with Crippen molar-refractivity contribution in [3.05, 3.63) is 46.8 Å². The fourth-order valence-corrected chi connectivity index (χ4v) is 3.77. The third-order valence-corrected chi connectivity index (χ3v) is 5.97. The standard InChI is InChI=1S/C22H24F5N7O8/c23-13-14(24)16(26)21(17(27)15(13)25)42-12(35)2-4-39-6-3-34-8-9(28-33-34)1-5-40-22-20(38)19(37)18(36)10(41-22)7-11-29-31-32-30-11/h8,10,18-20,22,36-38H,1-7H2,(H,29,30,31,32)/t10-,18-,19+,20+,22+/m1/s1. The Morgan fingerprint density at radius 3 is 2.36 bits per heavy atom. The minimum absolute atomic E-state index is 0.000178. The van der Waals surface area contributed by atoms with Gasteiger partial charge in [-0.3, -0.25) is 4.79 Å². The Labute approximate surface area is 232 Å². The van der Waals surface area contributed by atoms with Crippen molar-refractivity contribution in [2.45, 2.75) is 56.5 Å². The summed E-state index contributed by atoms with van der Waals surface area (Å²) >= 11 is 0. The average Bonchev–Trinajstić information content (AvgIpc) is 3.66. The second-order valence-corrected chi connectivity index (χ2v) is 8.88. The average molecular weight is 609 g/mol. The number of aromatic amines is 1. The Morgan fingerprint density at radius 2 is 1.67 bits per heavy atom. The van der Waals surface area contributed by atoms with Crippen LogP contribution in [0.1, 0.15) is 17.9 Å². The summed E-state index contributed by atoms with van der Waals surface area (Å²) in [5, 5.41) is 51.5. The molecule has 1 aliphatic heterocycles. The van der Waals surface area contributed by atoms with Crippen molar-refractivity contribution in [1.29, 1.82) is 0 Å². The molecule has 3 aromatic rings. The number of carbonyl (C=O) groups is 1. The first-order valence-electron chi connectivity index (χ1n) is 12.3. The largest absolute Gasteiger partial charge is 0.420 e. The monoisotopic (exact) mass is 609 g/mol. The lowest BCUT2D eigenvalue weighted by molar-refractivity contribution is -0.296. The molecule has 5 atom stereocenters. The lowest BCUT2D eigenvalue weighted by Crippen LogP contribution is -2.58. The molecule has 1 aromatic carbocycles. The maximum Gasteiger partial charge on any atom is 0.313 e. The predicted octanol–water partition coefficient (Wildman–Crippen LogP) is -0.892. The maximum atomic E-state index is 13.6. The topological polar surface area (TPSA) is 200 Å². The molecule has 1 saturated heterocycles. The Hall–Kier alpha value is -3.69. The van der Waals surface area contributed by atoms with Crippen molar-refractivity contribution < 1.29 is 61.0 Å². The minimum Gasteiger partial charge on any atom is -0.420 e. The molecule has 0 saturated carbocycles. The van der Waals surface area contributed by atoms with E-state index in [9.17, 15) is 42.1 Å². The van der Waals surface area contributed by atoms with Crippen LogP contribution in [-0.2, 0) is 38.4 Å².